The molecule has 5 heteroatoms. The molecule has 3 N–H and O–H groups in total. The van der Waals surface area contributed by atoms with E-state index in [1.54, 1.807) is 24.3 Å². The van der Waals surface area contributed by atoms with Crippen molar-refractivity contribution in [3.8, 4) is 11.1 Å². The summed E-state index contributed by atoms with van der Waals surface area (Å²) >= 11 is 0. The van der Waals surface area contributed by atoms with Crippen molar-refractivity contribution in [3.63, 3.8) is 0 Å². The molecule has 0 unspecified atom stereocenters. The zero-order chi connectivity index (χ0) is 16.5. The Hall–Kier alpha value is -1.85. The Morgan fingerprint density at radius 2 is 1.50 bits per heavy atom. The van der Waals surface area contributed by atoms with Gasteiger partial charge in [-0.15, -0.1) is 0 Å². The van der Waals surface area contributed by atoms with Crippen LogP contribution in [0.15, 0.2) is 47.4 Å². The van der Waals surface area contributed by atoms with Crippen molar-refractivity contribution in [3.05, 3.63) is 48.0 Å². The molecular weight excluding hydrogens is 296 g/mol. The molecule has 0 aliphatic carbocycles. The van der Waals surface area contributed by atoms with Crippen LogP contribution in [0.4, 0.5) is 5.69 Å². The SMILES string of the molecule is Cc1ccc(-c2ccc(S(=O)(=O)NC(C)(C)C)cc2)cc1N. The number of nitrogens with two attached hydrogens (primary N) is 1. The van der Waals surface area contributed by atoms with Gasteiger partial charge in [0.25, 0.3) is 0 Å². The number of hydrogen-bond donors (Lipinski definition) is 2. The van der Waals surface area contributed by atoms with Gasteiger partial charge in [-0.2, -0.15) is 0 Å². The van der Waals surface area contributed by atoms with Gasteiger partial charge in [0, 0.05) is 11.2 Å². The number of benzene rings is 2. The van der Waals surface area contributed by atoms with Gasteiger partial charge in [-0.25, -0.2) is 13.1 Å². The van der Waals surface area contributed by atoms with Crippen LogP contribution in [0.2, 0.25) is 0 Å². The van der Waals surface area contributed by atoms with E-state index < -0.39 is 15.6 Å². The molecule has 0 amide bonds. The minimum Gasteiger partial charge on any atom is -0.398 e. The normalized spacial score (nSPS) is 12.4. The van der Waals surface area contributed by atoms with Crippen molar-refractivity contribution in [1.29, 1.82) is 0 Å². The van der Waals surface area contributed by atoms with Gasteiger partial charge in [-0.1, -0.05) is 24.3 Å². The van der Waals surface area contributed by atoms with E-state index in [-0.39, 0.29) is 4.90 Å². The quantitative estimate of drug-likeness (QED) is 0.853. The predicted molar refractivity (Wildman–Crippen MR) is 91.1 cm³/mol. The van der Waals surface area contributed by atoms with Crippen LogP contribution in [0.5, 0.6) is 0 Å². The van der Waals surface area contributed by atoms with E-state index in [4.69, 9.17) is 5.73 Å². The summed E-state index contributed by atoms with van der Waals surface area (Å²) in [4.78, 5) is 0.256. The molecule has 0 aromatic heterocycles. The molecule has 2 aromatic carbocycles. The molecule has 2 aromatic rings. The second-order valence-electron chi connectivity index (χ2n) is 6.45. The van der Waals surface area contributed by atoms with Gasteiger partial charge >= 0.3 is 0 Å². The Morgan fingerprint density at radius 1 is 0.955 bits per heavy atom. The maximum absolute atomic E-state index is 12.3. The highest BCUT2D eigenvalue weighted by molar-refractivity contribution is 7.89. The van der Waals surface area contributed by atoms with Crippen molar-refractivity contribution in [2.75, 3.05) is 5.73 Å². The highest BCUT2D eigenvalue weighted by Crippen LogP contribution is 2.25. The van der Waals surface area contributed by atoms with Crippen LogP contribution < -0.4 is 10.5 Å². The molecule has 2 rings (SSSR count). The van der Waals surface area contributed by atoms with Crippen molar-refractivity contribution in [1.82, 2.24) is 4.72 Å². The molecule has 0 aliphatic rings. The number of rotatable bonds is 3. The average molecular weight is 318 g/mol. The number of hydrogen-bond acceptors (Lipinski definition) is 3. The predicted octanol–water partition coefficient (Wildman–Crippen LogP) is 3.32. The second-order valence-corrected chi connectivity index (χ2v) is 8.13. The number of aryl methyl sites for hydroxylation is 1. The molecular formula is C17H22N2O2S. The summed E-state index contributed by atoms with van der Waals surface area (Å²) in [5.74, 6) is 0. The minimum atomic E-state index is -3.51. The molecule has 0 bridgehead atoms. The van der Waals surface area contributed by atoms with Crippen LogP contribution in [0.25, 0.3) is 11.1 Å². The Bertz CT molecular complexity index is 773. The smallest absolute Gasteiger partial charge is 0.241 e. The first-order valence-electron chi connectivity index (χ1n) is 7.09. The van der Waals surface area contributed by atoms with Crippen molar-refractivity contribution >= 4 is 15.7 Å². The molecule has 0 radical (unpaired) electrons. The molecule has 0 atom stereocenters. The van der Waals surface area contributed by atoms with E-state index in [9.17, 15) is 8.42 Å². The van der Waals surface area contributed by atoms with E-state index in [1.165, 1.54) is 0 Å². The molecule has 0 aliphatic heterocycles. The third-order valence-corrected chi connectivity index (χ3v) is 4.99. The van der Waals surface area contributed by atoms with Crippen molar-refractivity contribution < 1.29 is 8.42 Å². The summed E-state index contributed by atoms with van der Waals surface area (Å²) in [6.45, 7) is 7.39. The molecule has 0 fully saturated rings. The molecule has 0 saturated carbocycles. The lowest BCUT2D eigenvalue weighted by Gasteiger charge is -2.20. The Morgan fingerprint density at radius 3 is 2.00 bits per heavy atom. The summed E-state index contributed by atoms with van der Waals surface area (Å²) in [5.41, 5.74) is 9.06. The Labute approximate surface area is 132 Å². The van der Waals surface area contributed by atoms with Crippen molar-refractivity contribution in [2.45, 2.75) is 38.1 Å². The third-order valence-electron chi connectivity index (χ3n) is 3.22. The lowest BCUT2D eigenvalue weighted by Crippen LogP contribution is -2.40. The minimum absolute atomic E-state index is 0.256. The van der Waals surface area contributed by atoms with E-state index in [0.29, 0.717) is 0 Å². The number of nitrogen functional groups attached to an aromatic ring is 1. The van der Waals surface area contributed by atoms with E-state index in [0.717, 1.165) is 22.4 Å². The first-order valence-corrected chi connectivity index (χ1v) is 8.57. The van der Waals surface area contributed by atoms with Gasteiger partial charge in [0.1, 0.15) is 0 Å². The van der Waals surface area contributed by atoms with Gasteiger partial charge in [0.05, 0.1) is 4.90 Å². The number of sulfonamides is 1. The maximum atomic E-state index is 12.3. The fraction of sp³-hybridized carbons (Fsp3) is 0.294. The standard InChI is InChI=1S/C17H22N2O2S/c1-12-5-6-14(11-16(12)18)13-7-9-15(10-8-13)22(20,21)19-17(2,3)4/h5-11,19H,18H2,1-4H3. The van der Waals surface area contributed by atoms with Gasteiger partial charge in [-0.05, 0) is 62.6 Å². The van der Waals surface area contributed by atoms with Crippen LogP contribution in [-0.4, -0.2) is 14.0 Å². The summed E-state index contributed by atoms with van der Waals surface area (Å²) < 4.78 is 27.2. The molecule has 22 heavy (non-hydrogen) atoms. The van der Waals surface area contributed by atoms with E-state index in [2.05, 4.69) is 4.72 Å². The number of anilines is 1. The third kappa shape index (κ3) is 3.87. The fourth-order valence-corrected chi connectivity index (χ4v) is 3.53. The average Bonchev–Trinajstić information content (AvgIpc) is 2.39. The lowest BCUT2D eigenvalue weighted by molar-refractivity contribution is 0.491. The Balaban J connectivity index is 2.32. The maximum Gasteiger partial charge on any atom is 0.241 e. The van der Waals surface area contributed by atoms with Crippen LogP contribution in [0.1, 0.15) is 26.3 Å². The summed E-state index contributed by atoms with van der Waals surface area (Å²) in [6.07, 6.45) is 0. The lowest BCUT2D eigenvalue weighted by atomic mass is 10.0. The largest absolute Gasteiger partial charge is 0.398 e. The topological polar surface area (TPSA) is 72.2 Å². The van der Waals surface area contributed by atoms with Gasteiger partial charge < -0.3 is 5.73 Å². The van der Waals surface area contributed by atoms with Gasteiger partial charge in [0.2, 0.25) is 10.0 Å². The van der Waals surface area contributed by atoms with Crippen LogP contribution >= 0.6 is 0 Å². The molecule has 0 spiro atoms. The first-order chi connectivity index (χ1) is 10.1. The zero-order valence-electron chi connectivity index (χ0n) is 13.3. The highest BCUT2D eigenvalue weighted by Gasteiger charge is 2.21. The monoisotopic (exact) mass is 318 g/mol. The second kappa shape index (κ2) is 5.74. The highest BCUT2D eigenvalue weighted by atomic mass is 32.2. The summed E-state index contributed by atoms with van der Waals surface area (Å²) in [6, 6.07) is 12.6. The molecule has 4 nitrogen and oxygen atoms in total. The van der Waals surface area contributed by atoms with E-state index >= 15 is 0 Å². The van der Waals surface area contributed by atoms with Crippen LogP contribution in [-0.2, 0) is 10.0 Å². The van der Waals surface area contributed by atoms with Crippen LogP contribution in [0, 0.1) is 6.92 Å². The van der Waals surface area contributed by atoms with Crippen LogP contribution in [0.3, 0.4) is 0 Å². The van der Waals surface area contributed by atoms with Gasteiger partial charge in [-0.3, -0.25) is 0 Å². The molecule has 0 saturated heterocycles. The van der Waals surface area contributed by atoms with Crippen molar-refractivity contribution in [2.24, 2.45) is 0 Å². The summed E-state index contributed by atoms with van der Waals surface area (Å²) in [7, 11) is -3.51. The summed E-state index contributed by atoms with van der Waals surface area (Å²) in [5, 5.41) is 0. The Kier molecular flexibility index (Phi) is 4.31. The molecule has 118 valence electrons. The number of nitrogens with one attached hydrogen (secondary N) is 1. The molecule has 0 heterocycles. The van der Waals surface area contributed by atoms with E-state index in [1.807, 2.05) is 45.9 Å². The zero-order valence-corrected chi connectivity index (χ0v) is 14.2. The first kappa shape index (κ1) is 16.5. The van der Waals surface area contributed by atoms with Gasteiger partial charge in [0.15, 0.2) is 0 Å². The fourth-order valence-electron chi connectivity index (χ4n) is 2.11.